The van der Waals surface area contributed by atoms with Crippen molar-refractivity contribution in [2.45, 2.75) is 303 Å². The average Bonchev–Trinajstić information content (AvgIpc) is 3.32. The van der Waals surface area contributed by atoms with E-state index in [1.165, 1.54) is 224 Å². The fourth-order valence-corrected chi connectivity index (χ4v) is 9.33. The molecule has 1 rings (SSSR count). The van der Waals surface area contributed by atoms with Crippen molar-refractivity contribution in [3.8, 4) is 0 Å². The molecular weight excluding hydrogens is 852 g/mol. The lowest BCUT2D eigenvalue weighted by Gasteiger charge is -2.22. The lowest BCUT2D eigenvalue weighted by molar-refractivity contribution is -0.696. The van der Waals surface area contributed by atoms with Crippen molar-refractivity contribution in [2.24, 2.45) is 0 Å². The number of unbranched alkanes of at least 4 members (excludes halogenated alkanes) is 32. The van der Waals surface area contributed by atoms with Crippen molar-refractivity contribution in [3.63, 3.8) is 0 Å². The van der Waals surface area contributed by atoms with Crippen LogP contribution in [0.1, 0.15) is 302 Å². The maximum atomic E-state index is 13.6. The predicted molar refractivity (Wildman–Crippen MR) is 280 cm³/mol. The molecule has 1 aromatic rings. The van der Waals surface area contributed by atoms with Gasteiger partial charge < -0.3 is 26.8 Å². The number of hydrogen-bond acceptors (Lipinski definition) is 5. The molecule has 0 aromatic carbocycles. The number of nitrogens with zero attached hydrogens (tertiary/aromatic N) is 2. The SMILES string of the molecule is CCCCCCCCCCCCCCCCCCC(=O)OCCN(CCOC(=O)CCCCCCCCCCCCCCCCCC)C(=O)CC[n+]1ccc(C(CCCC)CCCC)cc1.[Cl-]. The quantitative estimate of drug-likeness (QED) is 0.0369. The third-order valence-electron chi connectivity index (χ3n) is 13.9. The lowest BCUT2D eigenvalue weighted by Crippen LogP contribution is -3.00. The smallest absolute Gasteiger partial charge is 0.305 e. The van der Waals surface area contributed by atoms with Gasteiger partial charge in [0.1, 0.15) is 13.2 Å². The van der Waals surface area contributed by atoms with E-state index in [1.807, 2.05) is 0 Å². The first-order valence-corrected chi connectivity index (χ1v) is 29.0. The standard InChI is InChI=1S/C59H109N2O5.ClH/c1-5-9-13-15-17-19-21-23-25-27-29-31-33-35-37-39-43-58(63)65-53-51-61(57(62)47-50-60-48-45-56(46-49-60)55(41-11-7-3)42-12-8-4)52-54-66-59(64)44-40-38-36-34-32-30-28-26-24-22-20-18-16-14-10-6-2;/h45-46,48-49,55H,5-44,47,50-54H2,1-4H3;1H/q+1;/p-1. The fraction of sp³-hybridized carbons (Fsp3) is 0.864. The van der Waals surface area contributed by atoms with Crippen molar-refractivity contribution in [1.29, 1.82) is 0 Å². The highest BCUT2D eigenvalue weighted by Crippen LogP contribution is 2.27. The minimum absolute atomic E-state index is 0. The number of pyridine rings is 1. The van der Waals surface area contributed by atoms with E-state index in [9.17, 15) is 14.4 Å². The summed E-state index contributed by atoms with van der Waals surface area (Å²) in [5.74, 6) is 0.197. The zero-order valence-corrected chi connectivity index (χ0v) is 45.5. The number of carbonyl (C=O) groups is 3. The Kier molecular flexibility index (Phi) is 48.6. The molecular formula is C59H109ClN2O5. The lowest BCUT2D eigenvalue weighted by atomic mass is 9.89. The van der Waals surface area contributed by atoms with Crippen LogP contribution in [0.3, 0.4) is 0 Å². The van der Waals surface area contributed by atoms with E-state index in [4.69, 9.17) is 9.47 Å². The molecule has 0 saturated carbocycles. The van der Waals surface area contributed by atoms with Crippen LogP contribution in [0.5, 0.6) is 0 Å². The van der Waals surface area contributed by atoms with Crippen LogP contribution in [0, 0.1) is 0 Å². The van der Waals surface area contributed by atoms with Crippen molar-refractivity contribution in [2.75, 3.05) is 26.3 Å². The first-order chi connectivity index (χ1) is 32.4. The molecule has 0 aliphatic rings. The van der Waals surface area contributed by atoms with E-state index in [2.05, 4.69) is 56.8 Å². The largest absolute Gasteiger partial charge is 1.00 e. The summed E-state index contributed by atoms with van der Waals surface area (Å²) in [6.07, 6.45) is 54.4. The van der Waals surface area contributed by atoms with E-state index in [0.29, 0.717) is 44.8 Å². The maximum Gasteiger partial charge on any atom is 0.305 e. The molecule has 0 saturated heterocycles. The molecule has 0 spiro atoms. The first kappa shape index (κ1) is 64.8. The predicted octanol–water partition coefficient (Wildman–Crippen LogP) is 14.1. The Labute approximate surface area is 421 Å². The first-order valence-electron chi connectivity index (χ1n) is 29.0. The highest BCUT2D eigenvalue weighted by Gasteiger charge is 2.18. The summed E-state index contributed by atoms with van der Waals surface area (Å²) in [6, 6.07) is 4.46. The number of hydrogen-bond donors (Lipinski definition) is 0. The molecule has 0 atom stereocenters. The molecule has 7 nitrogen and oxygen atoms in total. The van der Waals surface area contributed by atoms with Crippen LogP contribution in [0.25, 0.3) is 0 Å². The van der Waals surface area contributed by atoms with Crippen molar-refractivity contribution < 1.29 is 40.8 Å². The van der Waals surface area contributed by atoms with Gasteiger partial charge >= 0.3 is 11.9 Å². The second-order valence-corrected chi connectivity index (χ2v) is 20.0. The number of halogens is 1. The van der Waals surface area contributed by atoms with E-state index >= 15 is 0 Å². The number of carbonyl (C=O) groups excluding carboxylic acids is 3. The van der Waals surface area contributed by atoms with Gasteiger partial charge in [-0.15, -0.1) is 0 Å². The van der Waals surface area contributed by atoms with E-state index in [-0.39, 0.29) is 43.5 Å². The maximum absolute atomic E-state index is 13.6. The Balaban J connectivity index is 0.0000436. The Bertz CT molecular complexity index is 1170. The van der Waals surface area contributed by atoms with Crippen molar-refractivity contribution in [3.05, 3.63) is 30.1 Å². The zero-order chi connectivity index (χ0) is 47.8. The van der Waals surface area contributed by atoms with E-state index in [1.54, 1.807) is 4.90 Å². The molecule has 8 heteroatoms. The Morgan fingerprint density at radius 1 is 0.433 bits per heavy atom. The number of ether oxygens (including phenoxy) is 2. The van der Waals surface area contributed by atoms with Crippen LogP contribution >= 0.6 is 0 Å². The molecule has 0 unspecified atom stereocenters. The van der Waals surface area contributed by atoms with Crippen LogP contribution < -0.4 is 17.0 Å². The number of amides is 1. The Hall–Kier alpha value is -2.15. The molecule has 0 radical (unpaired) electrons. The molecule has 0 aliphatic carbocycles. The minimum Gasteiger partial charge on any atom is -1.00 e. The van der Waals surface area contributed by atoms with Crippen LogP contribution in [-0.4, -0.2) is 49.0 Å². The van der Waals surface area contributed by atoms with Crippen molar-refractivity contribution in [1.82, 2.24) is 4.90 Å². The topological polar surface area (TPSA) is 76.8 Å². The minimum atomic E-state index is -0.190. The summed E-state index contributed by atoms with van der Waals surface area (Å²) in [5.41, 5.74) is 1.39. The van der Waals surface area contributed by atoms with Gasteiger partial charge in [-0.1, -0.05) is 246 Å². The Morgan fingerprint density at radius 2 is 0.731 bits per heavy atom. The van der Waals surface area contributed by atoms with Gasteiger partial charge in [0.15, 0.2) is 18.9 Å². The normalized spacial score (nSPS) is 11.2. The van der Waals surface area contributed by atoms with Gasteiger partial charge in [0, 0.05) is 25.0 Å². The number of aromatic nitrogens is 1. The van der Waals surface area contributed by atoms with Gasteiger partial charge in [0.2, 0.25) is 5.91 Å². The molecule has 67 heavy (non-hydrogen) atoms. The Morgan fingerprint density at radius 3 is 1.04 bits per heavy atom. The number of esters is 2. The molecule has 1 heterocycles. The second kappa shape index (κ2) is 50.2. The molecule has 1 amide bonds. The molecule has 0 aliphatic heterocycles. The summed E-state index contributed by atoms with van der Waals surface area (Å²) in [6.45, 7) is 10.6. The highest BCUT2D eigenvalue weighted by atomic mass is 35.5. The average molecular weight is 962 g/mol. The summed E-state index contributed by atoms with van der Waals surface area (Å²) in [5, 5.41) is 0. The molecule has 0 bridgehead atoms. The van der Waals surface area contributed by atoms with E-state index in [0.717, 1.165) is 25.7 Å². The van der Waals surface area contributed by atoms with Gasteiger partial charge in [-0.25, -0.2) is 4.57 Å². The summed E-state index contributed by atoms with van der Waals surface area (Å²) >= 11 is 0. The van der Waals surface area contributed by atoms with Crippen LogP contribution in [0.15, 0.2) is 24.5 Å². The monoisotopic (exact) mass is 961 g/mol. The third-order valence-corrected chi connectivity index (χ3v) is 13.9. The zero-order valence-electron chi connectivity index (χ0n) is 44.7. The summed E-state index contributed by atoms with van der Waals surface area (Å²) in [4.78, 5) is 40.6. The van der Waals surface area contributed by atoms with Crippen LogP contribution in [0.4, 0.5) is 0 Å². The molecule has 1 aromatic heterocycles. The van der Waals surface area contributed by atoms with Gasteiger partial charge in [-0.3, -0.25) is 14.4 Å². The highest BCUT2D eigenvalue weighted by molar-refractivity contribution is 5.76. The van der Waals surface area contributed by atoms with Crippen LogP contribution in [-0.2, 0) is 30.4 Å². The number of rotatable bonds is 50. The summed E-state index contributed by atoms with van der Waals surface area (Å²) in [7, 11) is 0. The fourth-order valence-electron chi connectivity index (χ4n) is 9.33. The van der Waals surface area contributed by atoms with Gasteiger partial charge in [0.05, 0.1) is 19.5 Å². The van der Waals surface area contributed by atoms with Gasteiger partial charge in [0.25, 0.3) is 0 Å². The summed E-state index contributed by atoms with van der Waals surface area (Å²) < 4.78 is 13.3. The van der Waals surface area contributed by atoms with E-state index < -0.39 is 0 Å². The second-order valence-electron chi connectivity index (χ2n) is 20.0. The number of aryl methyl sites for hydroxylation is 1. The van der Waals surface area contributed by atoms with Gasteiger partial charge in [-0.05, 0) is 37.2 Å². The molecule has 0 fully saturated rings. The van der Waals surface area contributed by atoms with Crippen LogP contribution in [0.2, 0.25) is 0 Å². The molecule has 392 valence electrons. The van der Waals surface area contributed by atoms with Gasteiger partial charge in [-0.2, -0.15) is 0 Å². The third kappa shape index (κ3) is 41.4. The van der Waals surface area contributed by atoms with Crippen molar-refractivity contribution >= 4 is 17.8 Å². The molecule has 0 N–H and O–H groups in total.